The summed E-state index contributed by atoms with van der Waals surface area (Å²) in [5, 5.41) is 9.08. The van der Waals surface area contributed by atoms with Crippen LogP contribution in [0.25, 0.3) is 5.65 Å². The third kappa shape index (κ3) is 2.17. The monoisotopic (exact) mass is 250 g/mol. The first-order chi connectivity index (χ1) is 8.49. The molecule has 2 rings (SSSR count). The van der Waals surface area contributed by atoms with Crippen molar-refractivity contribution in [2.45, 2.75) is 13.0 Å². The molecule has 0 aliphatic rings. The minimum atomic E-state index is -0.402. The lowest BCUT2D eigenvalue weighted by molar-refractivity contribution is -0.129. The highest BCUT2D eigenvalue weighted by molar-refractivity contribution is 5.83. The lowest BCUT2D eigenvalue weighted by Gasteiger charge is -2.18. The van der Waals surface area contributed by atoms with Gasteiger partial charge < -0.3 is 10.2 Å². The van der Waals surface area contributed by atoms with Crippen LogP contribution in [-0.4, -0.2) is 50.5 Å². The first kappa shape index (κ1) is 12.1. The molecule has 8 nitrogen and oxygen atoms in total. The number of hydrogen-bond donors (Lipinski definition) is 2. The van der Waals surface area contributed by atoms with Gasteiger partial charge in [0.1, 0.15) is 18.2 Å². The van der Waals surface area contributed by atoms with Crippen LogP contribution in [0, 0.1) is 0 Å². The Morgan fingerprint density at radius 2 is 2.28 bits per heavy atom. The fraction of sp³-hybridized carbons (Fsp3) is 0.400. The number of aromatic amines is 1. The van der Waals surface area contributed by atoms with Gasteiger partial charge in [-0.25, -0.2) is 19.3 Å². The minimum absolute atomic E-state index is 0.0592. The smallest absolute Gasteiger partial charge is 0.348 e. The van der Waals surface area contributed by atoms with Crippen molar-refractivity contribution in [2.24, 2.45) is 0 Å². The number of aromatic nitrogens is 4. The van der Waals surface area contributed by atoms with Crippen LogP contribution < -0.4 is 11.0 Å². The van der Waals surface area contributed by atoms with Crippen molar-refractivity contribution in [1.29, 1.82) is 0 Å². The van der Waals surface area contributed by atoms with Gasteiger partial charge in [0.2, 0.25) is 5.91 Å². The Balaban J connectivity index is 2.22. The predicted molar refractivity (Wildman–Crippen MR) is 65.4 cm³/mol. The van der Waals surface area contributed by atoms with E-state index in [1.165, 1.54) is 15.6 Å². The number of carbonyl (C=O) groups excluding carboxylic acids is 1. The average molecular weight is 250 g/mol. The molecule has 0 radical (unpaired) electrons. The molecule has 0 bridgehead atoms. The van der Waals surface area contributed by atoms with Gasteiger partial charge in [-0.05, 0) is 6.92 Å². The molecule has 18 heavy (non-hydrogen) atoms. The number of hydrogen-bond acceptors (Lipinski definition) is 5. The molecule has 2 heterocycles. The van der Waals surface area contributed by atoms with E-state index in [0.717, 1.165) is 0 Å². The van der Waals surface area contributed by atoms with Gasteiger partial charge >= 0.3 is 5.69 Å². The highest BCUT2D eigenvalue weighted by Gasteiger charge is 2.15. The van der Waals surface area contributed by atoms with Crippen molar-refractivity contribution in [3.8, 4) is 0 Å². The van der Waals surface area contributed by atoms with E-state index < -0.39 is 6.04 Å². The van der Waals surface area contributed by atoms with Crippen LogP contribution in [-0.2, 0) is 4.79 Å². The molecule has 1 unspecified atom stereocenters. The number of likely N-dealkylation sites (N-methyl/N-ethyl adjacent to an activating group) is 1. The van der Waals surface area contributed by atoms with E-state index in [2.05, 4.69) is 20.5 Å². The first-order valence-corrected chi connectivity index (χ1v) is 5.39. The maximum atomic E-state index is 11.7. The highest BCUT2D eigenvalue weighted by atomic mass is 16.2. The van der Waals surface area contributed by atoms with E-state index in [0.29, 0.717) is 11.5 Å². The summed E-state index contributed by atoms with van der Waals surface area (Å²) in [5.41, 5.74) is 0.100. The standard InChI is InChI=1S/C10H14N6O2/c1-6(9(17)15(2)3)12-7-4-8-13-14-10(18)16(8)5-11-7/h4-6,12H,1-3H3,(H,14,18). The number of anilines is 1. The van der Waals surface area contributed by atoms with E-state index in [1.807, 2.05) is 0 Å². The molecule has 0 saturated carbocycles. The largest absolute Gasteiger partial charge is 0.358 e. The van der Waals surface area contributed by atoms with Crippen LogP contribution in [0.15, 0.2) is 17.2 Å². The number of nitrogens with zero attached hydrogens (tertiary/aromatic N) is 4. The summed E-state index contributed by atoms with van der Waals surface area (Å²) in [6, 6.07) is 1.19. The Morgan fingerprint density at radius 1 is 1.56 bits per heavy atom. The van der Waals surface area contributed by atoms with E-state index in [9.17, 15) is 9.59 Å². The SMILES string of the molecule is CC(Nc1cc2n[nH]c(=O)n2cn1)C(=O)N(C)C. The zero-order chi connectivity index (χ0) is 13.3. The third-order valence-electron chi connectivity index (χ3n) is 2.49. The molecule has 2 aromatic rings. The van der Waals surface area contributed by atoms with E-state index in [-0.39, 0.29) is 11.6 Å². The lowest BCUT2D eigenvalue weighted by Crippen LogP contribution is -2.36. The van der Waals surface area contributed by atoms with Crippen molar-refractivity contribution in [3.05, 3.63) is 22.9 Å². The van der Waals surface area contributed by atoms with Gasteiger partial charge in [0, 0.05) is 20.2 Å². The minimum Gasteiger partial charge on any atom is -0.358 e. The molecule has 1 atom stereocenters. The number of carbonyl (C=O) groups is 1. The summed E-state index contributed by atoms with van der Waals surface area (Å²) in [4.78, 5) is 28.4. The van der Waals surface area contributed by atoms with Crippen LogP contribution >= 0.6 is 0 Å². The Hall–Kier alpha value is -2.38. The number of fused-ring (bicyclic) bond motifs is 1. The molecular weight excluding hydrogens is 236 g/mol. The molecule has 8 heteroatoms. The van der Waals surface area contributed by atoms with Gasteiger partial charge in [-0.3, -0.25) is 4.79 Å². The summed E-state index contributed by atoms with van der Waals surface area (Å²) in [6.45, 7) is 1.74. The normalized spacial score (nSPS) is 12.4. The van der Waals surface area contributed by atoms with Crippen molar-refractivity contribution >= 4 is 17.4 Å². The Morgan fingerprint density at radius 3 is 2.94 bits per heavy atom. The summed E-state index contributed by atoms with van der Waals surface area (Å²) in [5.74, 6) is 0.431. The van der Waals surface area contributed by atoms with Crippen LogP contribution in [0.5, 0.6) is 0 Å². The summed E-state index contributed by atoms with van der Waals surface area (Å²) >= 11 is 0. The molecule has 0 aliphatic heterocycles. The van der Waals surface area contributed by atoms with E-state index >= 15 is 0 Å². The number of rotatable bonds is 3. The van der Waals surface area contributed by atoms with Gasteiger partial charge in [-0.1, -0.05) is 0 Å². The zero-order valence-electron chi connectivity index (χ0n) is 10.3. The second-order valence-electron chi connectivity index (χ2n) is 4.13. The van der Waals surface area contributed by atoms with Gasteiger partial charge in [0.25, 0.3) is 0 Å². The zero-order valence-corrected chi connectivity index (χ0v) is 10.3. The average Bonchev–Trinajstić information content (AvgIpc) is 2.69. The maximum Gasteiger partial charge on any atom is 0.348 e. The molecule has 0 aliphatic carbocycles. The molecule has 1 amide bonds. The van der Waals surface area contributed by atoms with E-state index in [1.54, 1.807) is 27.1 Å². The lowest BCUT2D eigenvalue weighted by atomic mass is 10.3. The summed E-state index contributed by atoms with van der Waals surface area (Å²) in [6.07, 6.45) is 1.36. The molecule has 0 spiro atoms. The van der Waals surface area contributed by atoms with Crippen molar-refractivity contribution in [1.82, 2.24) is 24.5 Å². The Labute approximate surface area is 103 Å². The fourth-order valence-electron chi connectivity index (χ4n) is 1.56. The topological polar surface area (TPSA) is 95.4 Å². The van der Waals surface area contributed by atoms with Crippen LogP contribution in [0.1, 0.15) is 6.92 Å². The van der Waals surface area contributed by atoms with E-state index in [4.69, 9.17) is 0 Å². The number of nitrogens with one attached hydrogen (secondary N) is 2. The number of H-pyrrole nitrogens is 1. The van der Waals surface area contributed by atoms with Crippen LogP contribution in [0.3, 0.4) is 0 Å². The second-order valence-corrected chi connectivity index (χ2v) is 4.13. The summed E-state index contributed by atoms with van der Waals surface area (Å²) in [7, 11) is 3.37. The maximum absolute atomic E-state index is 11.7. The predicted octanol–water partition coefficient (Wildman–Crippen LogP) is -0.694. The first-order valence-electron chi connectivity index (χ1n) is 5.39. The highest BCUT2D eigenvalue weighted by Crippen LogP contribution is 2.06. The molecular formula is C10H14N6O2. The van der Waals surface area contributed by atoms with Gasteiger partial charge in [0.15, 0.2) is 5.65 Å². The van der Waals surface area contributed by atoms with Crippen molar-refractivity contribution in [3.63, 3.8) is 0 Å². The van der Waals surface area contributed by atoms with Gasteiger partial charge in [-0.15, -0.1) is 0 Å². The molecule has 2 N–H and O–H groups in total. The number of amides is 1. The second kappa shape index (κ2) is 4.47. The Kier molecular flexibility index (Phi) is 3.00. The fourth-order valence-corrected chi connectivity index (χ4v) is 1.56. The summed E-state index contributed by atoms with van der Waals surface area (Å²) < 4.78 is 1.28. The van der Waals surface area contributed by atoms with Crippen LogP contribution in [0.4, 0.5) is 5.82 Å². The van der Waals surface area contributed by atoms with Crippen molar-refractivity contribution in [2.75, 3.05) is 19.4 Å². The molecule has 0 saturated heterocycles. The molecule has 2 aromatic heterocycles. The molecule has 96 valence electrons. The quantitative estimate of drug-likeness (QED) is 0.751. The van der Waals surface area contributed by atoms with Gasteiger partial charge in [-0.2, -0.15) is 5.10 Å². The molecule has 0 aromatic carbocycles. The third-order valence-corrected chi connectivity index (χ3v) is 2.49. The van der Waals surface area contributed by atoms with Gasteiger partial charge in [0.05, 0.1) is 0 Å². The van der Waals surface area contributed by atoms with Crippen molar-refractivity contribution < 1.29 is 4.79 Å². The van der Waals surface area contributed by atoms with Crippen LogP contribution in [0.2, 0.25) is 0 Å². The Bertz CT molecular complexity index is 629. The molecule has 0 fully saturated rings.